The lowest BCUT2D eigenvalue weighted by atomic mass is 9.96. The second kappa shape index (κ2) is 11.2. The van der Waals surface area contributed by atoms with Gasteiger partial charge in [0.2, 0.25) is 0 Å². The number of carbonyl (C=O) groups is 2. The zero-order chi connectivity index (χ0) is 28.4. The molecule has 9 heteroatoms. The van der Waals surface area contributed by atoms with Gasteiger partial charge in [0.05, 0.1) is 31.0 Å². The molecule has 1 atom stereocenters. The molecule has 3 heterocycles. The van der Waals surface area contributed by atoms with E-state index in [0.29, 0.717) is 35.0 Å². The monoisotopic (exact) mass is 541 g/mol. The van der Waals surface area contributed by atoms with Gasteiger partial charge in [0.15, 0.2) is 17.3 Å². The SMILES string of the molecule is COCCN1C(=O)C(=O)C(=C(O)c2nc3c(C)cccn3c2C)C1c1ccc(OCc2ccccc2)c(OC)c1. The number of ketones is 1. The van der Waals surface area contributed by atoms with Crippen LogP contribution in [0.2, 0.25) is 0 Å². The highest BCUT2D eigenvalue weighted by atomic mass is 16.5. The van der Waals surface area contributed by atoms with Gasteiger partial charge in [0.25, 0.3) is 11.7 Å². The Morgan fingerprint density at radius 1 is 1.00 bits per heavy atom. The number of aliphatic hydroxyl groups is 1. The first kappa shape index (κ1) is 27.0. The number of ether oxygens (including phenoxy) is 3. The Labute approximate surface area is 232 Å². The van der Waals surface area contributed by atoms with E-state index in [4.69, 9.17) is 14.2 Å². The fourth-order valence-electron chi connectivity index (χ4n) is 5.03. The molecule has 1 saturated heterocycles. The van der Waals surface area contributed by atoms with Gasteiger partial charge in [0.1, 0.15) is 17.9 Å². The van der Waals surface area contributed by atoms with Crippen LogP contribution in [0.3, 0.4) is 0 Å². The smallest absolute Gasteiger partial charge is 0.295 e. The second-order valence-electron chi connectivity index (χ2n) is 9.60. The van der Waals surface area contributed by atoms with Crippen molar-refractivity contribution < 1.29 is 28.9 Å². The predicted molar refractivity (Wildman–Crippen MR) is 149 cm³/mol. The van der Waals surface area contributed by atoms with Gasteiger partial charge in [-0.3, -0.25) is 9.59 Å². The summed E-state index contributed by atoms with van der Waals surface area (Å²) in [6.07, 6.45) is 1.84. The van der Waals surface area contributed by atoms with Crippen LogP contribution in [-0.2, 0) is 20.9 Å². The Morgan fingerprint density at radius 2 is 1.77 bits per heavy atom. The number of aryl methyl sites for hydroxylation is 2. The summed E-state index contributed by atoms with van der Waals surface area (Å²) >= 11 is 0. The van der Waals surface area contributed by atoms with E-state index in [2.05, 4.69) is 4.98 Å². The summed E-state index contributed by atoms with van der Waals surface area (Å²) in [6, 6.07) is 17.9. The Hall–Kier alpha value is -4.63. The van der Waals surface area contributed by atoms with Crippen molar-refractivity contribution in [2.24, 2.45) is 0 Å². The quantitative estimate of drug-likeness (QED) is 0.188. The van der Waals surface area contributed by atoms with E-state index in [1.54, 1.807) is 18.2 Å². The number of likely N-dealkylation sites (tertiary alicyclic amines) is 1. The summed E-state index contributed by atoms with van der Waals surface area (Å²) < 4.78 is 18.7. The van der Waals surface area contributed by atoms with Crippen molar-refractivity contribution >= 4 is 23.1 Å². The molecule has 4 aromatic rings. The molecular formula is C31H31N3O6. The summed E-state index contributed by atoms with van der Waals surface area (Å²) in [4.78, 5) is 32.7. The van der Waals surface area contributed by atoms with E-state index >= 15 is 0 Å². The van der Waals surface area contributed by atoms with Gasteiger partial charge >= 0.3 is 0 Å². The van der Waals surface area contributed by atoms with Crippen LogP contribution in [0.25, 0.3) is 11.4 Å². The molecular weight excluding hydrogens is 510 g/mol. The summed E-state index contributed by atoms with van der Waals surface area (Å²) in [7, 11) is 3.05. The van der Waals surface area contributed by atoms with Gasteiger partial charge in [-0.25, -0.2) is 4.98 Å². The van der Waals surface area contributed by atoms with Crippen molar-refractivity contribution in [2.45, 2.75) is 26.5 Å². The highest BCUT2D eigenvalue weighted by Gasteiger charge is 2.46. The number of pyridine rings is 1. The number of methoxy groups -OCH3 is 2. The molecule has 0 saturated carbocycles. The van der Waals surface area contributed by atoms with Crippen molar-refractivity contribution in [3.8, 4) is 11.5 Å². The molecule has 1 aliphatic rings. The number of benzene rings is 2. The number of rotatable bonds is 9. The molecule has 2 aromatic heterocycles. The third-order valence-electron chi connectivity index (χ3n) is 7.13. The summed E-state index contributed by atoms with van der Waals surface area (Å²) in [5, 5.41) is 11.6. The predicted octanol–water partition coefficient (Wildman–Crippen LogP) is 4.61. The Morgan fingerprint density at radius 3 is 2.48 bits per heavy atom. The zero-order valence-corrected chi connectivity index (χ0v) is 22.9. The van der Waals surface area contributed by atoms with Crippen LogP contribution in [-0.4, -0.2) is 58.5 Å². The molecule has 2 aromatic carbocycles. The van der Waals surface area contributed by atoms with E-state index in [1.807, 2.05) is 66.9 Å². The van der Waals surface area contributed by atoms with Gasteiger partial charge in [0, 0.05) is 19.9 Å². The largest absolute Gasteiger partial charge is 0.505 e. The number of amides is 1. The van der Waals surface area contributed by atoms with Crippen LogP contribution in [0.4, 0.5) is 0 Å². The molecule has 0 radical (unpaired) electrons. The second-order valence-corrected chi connectivity index (χ2v) is 9.60. The Kier molecular flexibility index (Phi) is 7.57. The van der Waals surface area contributed by atoms with Crippen molar-refractivity contribution in [2.75, 3.05) is 27.4 Å². The lowest BCUT2D eigenvalue weighted by molar-refractivity contribution is -0.140. The van der Waals surface area contributed by atoms with E-state index < -0.39 is 17.7 Å². The third kappa shape index (κ3) is 4.80. The van der Waals surface area contributed by atoms with E-state index in [0.717, 1.165) is 11.1 Å². The minimum atomic E-state index is -0.877. The first-order valence-electron chi connectivity index (χ1n) is 12.9. The van der Waals surface area contributed by atoms with Crippen LogP contribution in [0.15, 0.2) is 72.4 Å². The first-order chi connectivity index (χ1) is 19.3. The van der Waals surface area contributed by atoms with Crippen molar-refractivity contribution in [1.82, 2.24) is 14.3 Å². The maximum absolute atomic E-state index is 13.4. The van der Waals surface area contributed by atoms with Crippen LogP contribution in [0.5, 0.6) is 11.5 Å². The molecule has 40 heavy (non-hydrogen) atoms. The number of hydrogen-bond donors (Lipinski definition) is 1. The fraction of sp³-hybridized carbons (Fsp3) is 0.258. The molecule has 9 nitrogen and oxygen atoms in total. The average molecular weight is 542 g/mol. The number of Topliss-reactive ketones (excluding diaryl/α,β-unsaturated/α-hetero) is 1. The van der Waals surface area contributed by atoms with Crippen molar-refractivity contribution in [3.05, 3.63) is 101 Å². The first-order valence-corrected chi connectivity index (χ1v) is 12.9. The van der Waals surface area contributed by atoms with Crippen LogP contribution in [0, 0.1) is 13.8 Å². The normalized spacial score (nSPS) is 16.6. The summed E-state index contributed by atoms with van der Waals surface area (Å²) in [5.74, 6) is -0.882. The molecule has 5 rings (SSSR count). The maximum Gasteiger partial charge on any atom is 0.295 e. The maximum atomic E-state index is 13.4. The molecule has 1 aliphatic heterocycles. The van der Waals surface area contributed by atoms with Gasteiger partial charge in [-0.1, -0.05) is 42.5 Å². The topological polar surface area (TPSA) is 103 Å². The average Bonchev–Trinajstić information content (AvgIpc) is 3.44. The number of fused-ring (bicyclic) bond motifs is 1. The summed E-state index contributed by atoms with van der Waals surface area (Å²) in [5.41, 5.74) is 4.02. The molecule has 0 spiro atoms. The van der Waals surface area contributed by atoms with Crippen molar-refractivity contribution in [3.63, 3.8) is 0 Å². The zero-order valence-electron chi connectivity index (χ0n) is 22.9. The van der Waals surface area contributed by atoms with E-state index in [-0.39, 0.29) is 30.2 Å². The van der Waals surface area contributed by atoms with E-state index in [1.165, 1.54) is 19.1 Å². The van der Waals surface area contributed by atoms with Crippen LogP contribution >= 0.6 is 0 Å². The minimum absolute atomic E-state index is 0.0368. The van der Waals surface area contributed by atoms with Gasteiger partial charge in [-0.15, -0.1) is 0 Å². The standard InChI is InChI=1S/C31H31N3O6/c1-19-9-8-14-33-20(2)26(32-30(19)33)28(35)25-27(34(15-16-38-3)31(37)29(25)36)22-12-13-23(24(17-22)39-4)40-18-21-10-6-5-7-11-21/h5-14,17,27,35H,15-16,18H2,1-4H3. The van der Waals surface area contributed by atoms with Crippen LogP contribution in [0.1, 0.15) is 34.1 Å². The van der Waals surface area contributed by atoms with Gasteiger partial charge in [-0.2, -0.15) is 0 Å². The number of hydrogen-bond acceptors (Lipinski definition) is 7. The van der Waals surface area contributed by atoms with E-state index in [9.17, 15) is 14.7 Å². The van der Waals surface area contributed by atoms with Crippen LogP contribution < -0.4 is 9.47 Å². The van der Waals surface area contributed by atoms with Gasteiger partial charge < -0.3 is 28.6 Å². The minimum Gasteiger partial charge on any atom is -0.505 e. The third-order valence-corrected chi connectivity index (χ3v) is 7.13. The lowest BCUT2D eigenvalue weighted by Gasteiger charge is -2.25. The molecule has 1 N–H and O–H groups in total. The number of imidazole rings is 1. The molecule has 0 aliphatic carbocycles. The molecule has 1 amide bonds. The fourth-order valence-corrected chi connectivity index (χ4v) is 5.03. The van der Waals surface area contributed by atoms with Gasteiger partial charge in [-0.05, 0) is 48.7 Å². The lowest BCUT2D eigenvalue weighted by Crippen LogP contribution is -2.32. The highest BCUT2D eigenvalue weighted by Crippen LogP contribution is 2.42. The van der Waals surface area contributed by atoms with Crippen molar-refractivity contribution in [1.29, 1.82) is 0 Å². The number of nitrogens with zero attached hydrogens (tertiary/aromatic N) is 3. The molecule has 1 unspecified atom stereocenters. The number of aliphatic hydroxyl groups excluding tert-OH is 1. The molecule has 1 fully saturated rings. The number of aromatic nitrogens is 2. The number of carbonyl (C=O) groups excluding carboxylic acids is 2. The summed E-state index contributed by atoms with van der Waals surface area (Å²) in [6.45, 7) is 4.44. The molecule has 206 valence electrons. The highest BCUT2D eigenvalue weighted by molar-refractivity contribution is 6.46. The molecule has 0 bridgehead atoms. The Balaban J connectivity index is 1.60. The Bertz CT molecular complexity index is 1610.